The van der Waals surface area contributed by atoms with Gasteiger partial charge in [-0.15, -0.1) is 0 Å². The molecule has 0 unspecified atom stereocenters. The summed E-state index contributed by atoms with van der Waals surface area (Å²) in [5, 5.41) is 7.98. The van der Waals surface area contributed by atoms with Crippen molar-refractivity contribution in [2.24, 2.45) is 11.1 Å². The summed E-state index contributed by atoms with van der Waals surface area (Å²) in [6, 6.07) is 0. The first-order chi connectivity index (χ1) is 7.67. The Hall–Kier alpha value is -0.380. The second-order valence-corrected chi connectivity index (χ2v) is 5.34. The molecule has 0 amide bonds. The van der Waals surface area contributed by atoms with Gasteiger partial charge in [0, 0.05) is 13.1 Å². The Morgan fingerprint density at radius 3 is 2.44 bits per heavy atom. The molecule has 0 bridgehead atoms. The van der Waals surface area contributed by atoms with E-state index in [1.807, 2.05) is 0 Å². The van der Waals surface area contributed by atoms with Crippen LogP contribution in [-0.2, 0) is 6.54 Å². The molecule has 0 spiro atoms. The van der Waals surface area contributed by atoms with Crippen molar-refractivity contribution < 1.29 is 0 Å². The van der Waals surface area contributed by atoms with Gasteiger partial charge in [-0.05, 0) is 53.6 Å². The first-order valence-electron chi connectivity index (χ1n) is 6.10. The molecule has 0 fully saturated rings. The van der Waals surface area contributed by atoms with Crippen molar-refractivity contribution >= 4 is 11.3 Å². The Morgan fingerprint density at radius 2 is 2.00 bits per heavy atom. The van der Waals surface area contributed by atoms with E-state index in [0.717, 1.165) is 32.5 Å². The number of aryl methyl sites for hydroxylation is 1. The summed E-state index contributed by atoms with van der Waals surface area (Å²) < 4.78 is 0. The van der Waals surface area contributed by atoms with Crippen LogP contribution in [0.3, 0.4) is 0 Å². The number of nitrogens with one attached hydrogen (secondary N) is 1. The largest absolute Gasteiger partial charge is 0.330 e. The van der Waals surface area contributed by atoms with Gasteiger partial charge in [-0.3, -0.25) is 0 Å². The van der Waals surface area contributed by atoms with Gasteiger partial charge in [0.05, 0.1) is 0 Å². The molecule has 0 aliphatic rings. The molecule has 92 valence electrons. The number of hydrogen-bond donors (Lipinski definition) is 2. The molecule has 0 saturated heterocycles. The Bertz CT molecular complexity index is 294. The summed E-state index contributed by atoms with van der Waals surface area (Å²) >= 11 is 1.78. The molecule has 0 radical (unpaired) electrons. The van der Waals surface area contributed by atoms with Crippen LogP contribution < -0.4 is 11.1 Å². The van der Waals surface area contributed by atoms with E-state index in [1.165, 1.54) is 11.1 Å². The van der Waals surface area contributed by atoms with E-state index < -0.39 is 0 Å². The van der Waals surface area contributed by atoms with Crippen molar-refractivity contribution in [1.82, 2.24) is 5.32 Å². The zero-order valence-electron chi connectivity index (χ0n) is 10.7. The fourth-order valence-electron chi connectivity index (χ4n) is 1.89. The highest BCUT2D eigenvalue weighted by Gasteiger charge is 2.23. The molecule has 2 nitrogen and oxygen atoms in total. The van der Waals surface area contributed by atoms with Gasteiger partial charge in [0.2, 0.25) is 0 Å². The third kappa shape index (κ3) is 3.30. The maximum Gasteiger partial charge on any atom is 0.0216 e. The number of rotatable bonds is 7. The maximum atomic E-state index is 5.88. The van der Waals surface area contributed by atoms with E-state index in [4.69, 9.17) is 5.73 Å². The van der Waals surface area contributed by atoms with E-state index in [-0.39, 0.29) is 5.41 Å². The predicted molar refractivity (Wildman–Crippen MR) is 72.8 cm³/mol. The monoisotopic (exact) mass is 240 g/mol. The molecule has 0 atom stereocenters. The van der Waals surface area contributed by atoms with Crippen LogP contribution in [0.2, 0.25) is 0 Å². The Kier molecular flexibility index (Phi) is 5.46. The van der Waals surface area contributed by atoms with Gasteiger partial charge in [-0.1, -0.05) is 13.8 Å². The highest BCUT2D eigenvalue weighted by Crippen LogP contribution is 2.24. The lowest BCUT2D eigenvalue weighted by molar-refractivity contribution is 0.258. The van der Waals surface area contributed by atoms with Crippen molar-refractivity contribution in [2.45, 2.75) is 40.2 Å². The second kappa shape index (κ2) is 6.38. The molecule has 1 aromatic rings. The van der Waals surface area contributed by atoms with Gasteiger partial charge in [0.15, 0.2) is 0 Å². The highest BCUT2D eigenvalue weighted by atomic mass is 32.1. The molecule has 0 aromatic carbocycles. The van der Waals surface area contributed by atoms with E-state index in [1.54, 1.807) is 11.3 Å². The van der Waals surface area contributed by atoms with Gasteiger partial charge in [0.1, 0.15) is 0 Å². The van der Waals surface area contributed by atoms with Crippen molar-refractivity contribution in [3.8, 4) is 0 Å². The predicted octanol–water partition coefficient (Wildman–Crippen LogP) is 2.91. The lowest BCUT2D eigenvalue weighted by Gasteiger charge is -2.30. The second-order valence-electron chi connectivity index (χ2n) is 4.59. The molecule has 1 aromatic heterocycles. The Balaban J connectivity index is 2.42. The van der Waals surface area contributed by atoms with Crippen molar-refractivity contribution in [3.05, 3.63) is 21.9 Å². The van der Waals surface area contributed by atoms with Crippen LogP contribution in [0.25, 0.3) is 0 Å². The van der Waals surface area contributed by atoms with Crippen LogP contribution in [0.4, 0.5) is 0 Å². The summed E-state index contributed by atoms with van der Waals surface area (Å²) in [6.45, 7) is 9.39. The van der Waals surface area contributed by atoms with Crippen molar-refractivity contribution in [1.29, 1.82) is 0 Å². The van der Waals surface area contributed by atoms with Crippen molar-refractivity contribution in [2.75, 3.05) is 13.1 Å². The summed E-state index contributed by atoms with van der Waals surface area (Å²) in [5.74, 6) is 0. The molecule has 16 heavy (non-hydrogen) atoms. The molecule has 0 saturated carbocycles. The third-order valence-electron chi connectivity index (χ3n) is 3.71. The molecule has 3 heteroatoms. The summed E-state index contributed by atoms with van der Waals surface area (Å²) in [5.41, 5.74) is 8.97. The fourth-order valence-corrected chi connectivity index (χ4v) is 2.75. The third-order valence-corrected chi connectivity index (χ3v) is 4.62. The summed E-state index contributed by atoms with van der Waals surface area (Å²) in [7, 11) is 0. The van der Waals surface area contributed by atoms with E-state index in [9.17, 15) is 0 Å². The topological polar surface area (TPSA) is 38.0 Å². The molecule has 3 N–H and O–H groups in total. The fraction of sp³-hybridized carbons (Fsp3) is 0.692. The van der Waals surface area contributed by atoms with Gasteiger partial charge >= 0.3 is 0 Å². The lowest BCUT2D eigenvalue weighted by atomic mass is 9.82. The minimum absolute atomic E-state index is 0.282. The summed E-state index contributed by atoms with van der Waals surface area (Å²) in [6.07, 6.45) is 2.30. The van der Waals surface area contributed by atoms with Crippen LogP contribution in [0.1, 0.15) is 37.8 Å². The van der Waals surface area contributed by atoms with E-state index >= 15 is 0 Å². The normalized spacial score (nSPS) is 12.0. The van der Waals surface area contributed by atoms with Crippen LogP contribution >= 0.6 is 11.3 Å². The van der Waals surface area contributed by atoms with Crippen LogP contribution in [0.15, 0.2) is 10.8 Å². The number of thiophene rings is 1. The Labute approximate surface area is 103 Å². The van der Waals surface area contributed by atoms with Crippen LogP contribution in [0, 0.1) is 12.3 Å². The van der Waals surface area contributed by atoms with E-state index in [0.29, 0.717) is 0 Å². The van der Waals surface area contributed by atoms with E-state index in [2.05, 4.69) is 36.8 Å². The molecule has 1 rings (SSSR count). The quantitative estimate of drug-likeness (QED) is 0.769. The number of hydrogen-bond acceptors (Lipinski definition) is 3. The van der Waals surface area contributed by atoms with Gasteiger partial charge in [-0.25, -0.2) is 0 Å². The Morgan fingerprint density at radius 1 is 1.31 bits per heavy atom. The maximum absolute atomic E-state index is 5.88. The standard InChI is InChI=1S/C13H24N2S/c1-4-13(5-2,9-14)10-15-6-12-8-16-7-11(12)3/h7-8,15H,4-6,9-10,14H2,1-3H3. The zero-order chi connectivity index (χ0) is 12.0. The van der Waals surface area contributed by atoms with Crippen LogP contribution in [-0.4, -0.2) is 13.1 Å². The smallest absolute Gasteiger partial charge is 0.0216 e. The minimum atomic E-state index is 0.282. The first kappa shape index (κ1) is 13.7. The average molecular weight is 240 g/mol. The molecular weight excluding hydrogens is 216 g/mol. The van der Waals surface area contributed by atoms with Gasteiger partial charge in [0.25, 0.3) is 0 Å². The SMILES string of the molecule is CCC(CC)(CN)CNCc1cscc1C. The highest BCUT2D eigenvalue weighted by molar-refractivity contribution is 7.08. The minimum Gasteiger partial charge on any atom is -0.330 e. The lowest BCUT2D eigenvalue weighted by Crippen LogP contribution is -2.39. The average Bonchev–Trinajstić information content (AvgIpc) is 2.71. The molecule has 1 heterocycles. The molecule has 0 aliphatic heterocycles. The first-order valence-corrected chi connectivity index (χ1v) is 7.04. The van der Waals surface area contributed by atoms with Crippen molar-refractivity contribution in [3.63, 3.8) is 0 Å². The molecule has 0 aliphatic carbocycles. The summed E-state index contributed by atoms with van der Waals surface area (Å²) in [4.78, 5) is 0. The molecular formula is C13H24N2S. The van der Waals surface area contributed by atoms with Crippen LogP contribution in [0.5, 0.6) is 0 Å². The van der Waals surface area contributed by atoms with Gasteiger partial charge in [-0.2, -0.15) is 11.3 Å². The number of nitrogens with two attached hydrogens (primary N) is 1. The zero-order valence-corrected chi connectivity index (χ0v) is 11.5. The van der Waals surface area contributed by atoms with Gasteiger partial charge < -0.3 is 11.1 Å².